The van der Waals surface area contributed by atoms with Gasteiger partial charge in [-0.15, -0.1) is 0 Å². The summed E-state index contributed by atoms with van der Waals surface area (Å²) in [5.41, 5.74) is 2.78. The second kappa shape index (κ2) is 8.01. The highest BCUT2D eigenvalue weighted by Gasteiger charge is 2.39. The average Bonchev–Trinajstić information content (AvgIpc) is 3.04. The third-order valence-electron chi connectivity index (χ3n) is 6.34. The summed E-state index contributed by atoms with van der Waals surface area (Å²) in [6.07, 6.45) is 3.12. The Hall–Kier alpha value is -2.25. The summed E-state index contributed by atoms with van der Waals surface area (Å²) >= 11 is 0. The van der Waals surface area contributed by atoms with Crippen molar-refractivity contribution in [3.8, 4) is 0 Å². The largest absolute Gasteiger partial charge is 0.322 e. The van der Waals surface area contributed by atoms with Crippen LogP contribution in [0, 0.1) is 5.92 Å². The zero-order chi connectivity index (χ0) is 19.7. The second-order valence-corrected chi connectivity index (χ2v) is 8.12. The smallest absolute Gasteiger partial charge is 0.255 e. The number of carbonyl (C=O) groups excluding carboxylic acids is 3. The highest BCUT2D eigenvalue weighted by molar-refractivity contribution is 6.05. The molecule has 3 amide bonds. The lowest BCUT2D eigenvalue weighted by Gasteiger charge is -2.30. The summed E-state index contributed by atoms with van der Waals surface area (Å²) in [5, 5.41) is 9.44. The normalized spacial score (nSPS) is 26.2. The van der Waals surface area contributed by atoms with E-state index in [4.69, 9.17) is 0 Å². The Bertz CT molecular complexity index is 788. The van der Waals surface area contributed by atoms with Crippen LogP contribution in [0.1, 0.15) is 54.1 Å². The standard InChI is InChI=1S/C21H28N4O3/c1-13(14-5-3-9-22-10-14)23-11-15-4-2-6-16-17(15)12-25(21(16)28)18-7-8-19(26)24-20(18)27/h2,4,6,13-14,18,22-23H,3,5,7-12H2,1H3,(H,24,26,27). The molecule has 1 aromatic carbocycles. The topological polar surface area (TPSA) is 90.5 Å². The number of rotatable bonds is 5. The number of fused-ring (bicyclic) bond motifs is 1. The zero-order valence-corrected chi connectivity index (χ0v) is 16.3. The molecule has 1 aromatic rings. The predicted molar refractivity (Wildman–Crippen MR) is 104 cm³/mol. The monoisotopic (exact) mass is 384 g/mol. The number of hydrogen-bond donors (Lipinski definition) is 3. The van der Waals surface area contributed by atoms with E-state index >= 15 is 0 Å². The molecular formula is C21H28N4O3. The summed E-state index contributed by atoms with van der Waals surface area (Å²) in [5.74, 6) is -0.125. The van der Waals surface area contributed by atoms with Crippen LogP contribution in [-0.2, 0) is 22.7 Å². The minimum absolute atomic E-state index is 0.115. The molecule has 2 fully saturated rings. The lowest BCUT2D eigenvalue weighted by molar-refractivity contribution is -0.136. The molecule has 7 nitrogen and oxygen atoms in total. The number of amides is 3. The first-order valence-corrected chi connectivity index (χ1v) is 10.2. The number of hydrogen-bond acceptors (Lipinski definition) is 5. The third kappa shape index (κ3) is 3.69. The Morgan fingerprint density at radius 2 is 2.11 bits per heavy atom. The van der Waals surface area contributed by atoms with Gasteiger partial charge in [-0.25, -0.2) is 0 Å². The van der Waals surface area contributed by atoms with Gasteiger partial charge in [0.15, 0.2) is 0 Å². The quantitative estimate of drug-likeness (QED) is 0.657. The fourth-order valence-corrected chi connectivity index (χ4v) is 4.56. The van der Waals surface area contributed by atoms with Crippen molar-refractivity contribution in [2.45, 2.75) is 57.8 Å². The Morgan fingerprint density at radius 3 is 2.86 bits per heavy atom. The van der Waals surface area contributed by atoms with Crippen molar-refractivity contribution < 1.29 is 14.4 Å². The molecule has 3 aliphatic heterocycles. The van der Waals surface area contributed by atoms with Crippen molar-refractivity contribution in [1.29, 1.82) is 0 Å². The lowest BCUT2D eigenvalue weighted by Crippen LogP contribution is -2.52. The second-order valence-electron chi connectivity index (χ2n) is 8.12. The van der Waals surface area contributed by atoms with Crippen LogP contribution in [0.4, 0.5) is 0 Å². The van der Waals surface area contributed by atoms with Gasteiger partial charge in [0.25, 0.3) is 5.91 Å². The molecule has 3 N–H and O–H groups in total. The molecule has 0 saturated carbocycles. The van der Waals surface area contributed by atoms with Crippen LogP contribution < -0.4 is 16.0 Å². The van der Waals surface area contributed by atoms with Gasteiger partial charge in [-0.1, -0.05) is 12.1 Å². The predicted octanol–water partition coefficient (Wildman–Crippen LogP) is 0.925. The molecule has 3 aliphatic rings. The SMILES string of the molecule is CC(NCc1cccc2c1CN(C1CCC(=O)NC1=O)C2=O)C1CCCNC1. The molecule has 0 aromatic heterocycles. The van der Waals surface area contributed by atoms with E-state index in [1.54, 1.807) is 4.90 Å². The molecule has 150 valence electrons. The number of nitrogens with one attached hydrogen (secondary N) is 3. The van der Waals surface area contributed by atoms with E-state index in [0.29, 0.717) is 37.0 Å². The first-order chi connectivity index (χ1) is 13.5. The molecule has 2 saturated heterocycles. The maximum atomic E-state index is 12.9. The van der Waals surface area contributed by atoms with Crippen LogP contribution in [0.25, 0.3) is 0 Å². The van der Waals surface area contributed by atoms with Gasteiger partial charge in [0.2, 0.25) is 11.8 Å². The highest BCUT2D eigenvalue weighted by atomic mass is 16.2. The van der Waals surface area contributed by atoms with Crippen molar-refractivity contribution >= 4 is 17.7 Å². The van der Waals surface area contributed by atoms with Crippen LogP contribution in [-0.4, -0.2) is 47.8 Å². The Kier molecular flexibility index (Phi) is 5.46. The summed E-state index contributed by atoms with van der Waals surface area (Å²) in [4.78, 5) is 38.1. The van der Waals surface area contributed by atoms with Gasteiger partial charge in [-0.3, -0.25) is 19.7 Å². The first-order valence-electron chi connectivity index (χ1n) is 10.2. The van der Waals surface area contributed by atoms with E-state index in [1.807, 2.05) is 12.1 Å². The van der Waals surface area contributed by atoms with Gasteiger partial charge >= 0.3 is 0 Å². The number of piperidine rings is 2. The Morgan fingerprint density at radius 1 is 1.25 bits per heavy atom. The van der Waals surface area contributed by atoms with Crippen molar-refractivity contribution in [3.05, 3.63) is 34.9 Å². The zero-order valence-electron chi connectivity index (χ0n) is 16.3. The number of nitrogens with zero attached hydrogens (tertiary/aromatic N) is 1. The van der Waals surface area contributed by atoms with Crippen LogP contribution in [0.3, 0.4) is 0 Å². The van der Waals surface area contributed by atoms with Crippen molar-refractivity contribution in [1.82, 2.24) is 20.9 Å². The minimum Gasteiger partial charge on any atom is -0.322 e. The van der Waals surface area contributed by atoms with E-state index < -0.39 is 6.04 Å². The minimum atomic E-state index is -0.564. The molecular weight excluding hydrogens is 356 g/mol. The number of imide groups is 1. The third-order valence-corrected chi connectivity index (χ3v) is 6.34. The van der Waals surface area contributed by atoms with Crippen LogP contribution in [0.5, 0.6) is 0 Å². The van der Waals surface area contributed by atoms with Gasteiger partial charge in [0.05, 0.1) is 0 Å². The average molecular weight is 384 g/mol. The number of carbonyl (C=O) groups is 3. The van der Waals surface area contributed by atoms with E-state index in [2.05, 4.69) is 28.9 Å². The molecule has 0 bridgehead atoms. The van der Waals surface area contributed by atoms with Gasteiger partial charge in [-0.05, 0) is 62.4 Å². The van der Waals surface area contributed by atoms with E-state index in [1.165, 1.54) is 12.8 Å². The Balaban J connectivity index is 1.45. The molecule has 3 atom stereocenters. The molecule has 28 heavy (non-hydrogen) atoms. The molecule has 0 radical (unpaired) electrons. The van der Waals surface area contributed by atoms with Gasteiger partial charge in [-0.2, -0.15) is 0 Å². The molecule has 0 spiro atoms. The van der Waals surface area contributed by atoms with E-state index in [-0.39, 0.29) is 24.1 Å². The van der Waals surface area contributed by atoms with Crippen molar-refractivity contribution in [2.24, 2.45) is 5.92 Å². The molecule has 7 heteroatoms. The lowest BCUT2D eigenvalue weighted by atomic mass is 9.92. The molecule has 3 unspecified atom stereocenters. The highest BCUT2D eigenvalue weighted by Crippen LogP contribution is 2.30. The maximum absolute atomic E-state index is 12.9. The van der Waals surface area contributed by atoms with Gasteiger partial charge in [0.1, 0.15) is 6.04 Å². The summed E-state index contributed by atoms with van der Waals surface area (Å²) < 4.78 is 0. The summed E-state index contributed by atoms with van der Waals surface area (Å²) in [6.45, 7) is 5.51. The fourth-order valence-electron chi connectivity index (χ4n) is 4.56. The summed E-state index contributed by atoms with van der Waals surface area (Å²) in [7, 11) is 0. The molecule has 3 heterocycles. The number of benzene rings is 1. The van der Waals surface area contributed by atoms with E-state index in [9.17, 15) is 14.4 Å². The Labute approximate surface area is 165 Å². The van der Waals surface area contributed by atoms with Crippen LogP contribution in [0.15, 0.2) is 18.2 Å². The maximum Gasteiger partial charge on any atom is 0.255 e. The fraction of sp³-hybridized carbons (Fsp3) is 0.571. The van der Waals surface area contributed by atoms with Gasteiger partial charge in [0, 0.05) is 31.1 Å². The van der Waals surface area contributed by atoms with Crippen molar-refractivity contribution in [3.63, 3.8) is 0 Å². The van der Waals surface area contributed by atoms with Crippen molar-refractivity contribution in [2.75, 3.05) is 13.1 Å². The van der Waals surface area contributed by atoms with Gasteiger partial charge < -0.3 is 15.5 Å². The first kappa shape index (κ1) is 19.1. The molecule has 0 aliphatic carbocycles. The van der Waals surface area contributed by atoms with Crippen LogP contribution in [0.2, 0.25) is 0 Å². The van der Waals surface area contributed by atoms with Crippen LogP contribution >= 0.6 is 0 Å². The summed E-state index contributed by atoms with van der Waals surface area (Å²) in [6, 6.07) is 5.63. The van der Waals surface area contributed by atoms with E-state index in [0.717, 1.165) is 24.2 Å². The molecule has 4 rings (SSSR count).